The lowest BCUT2D eigenvalue weighted by Gasteiger charge is -2.40. The van der Waals surface area contributed by atoms with Crippen molar-refractivity contribution in [3.63, 3.8) is 0 Å². The SMILES string of the molecule is Cc1nc(C(F)(F)F)ccc1C(=O)N1CCN(CCc2ccccc2)CC1C(N)=O. The number of aromatic nitrogens is 1. The maximum absolute atomic E-state index is 13.0. The molecule has 9 heteroatoms. The van der Waals surface area contributed by atoms with Crippen molar-refractivity contribution < 1.29 is 22.8 Å². The summed E-state index contributed by atoms with van der Waals surface area (Å²) >= 11 is 0. The molecule has 0 radical (unpaired) electrons. The third-order valence-corrected chi connectivity index (χ3v) is 5.22. The van der Waals surface area contributed by atoms with Crippen LogP contribution in [0.1, 0.15) is 27.3 Å². The van der Waals surface area contributed by atoms with E-state index in [1.807, 2.05) is 30.3 Å². The Labute approximate surface area is 172 Å². The molecular weight excluding hydrogens is 397 g/mol. The average molecular weight is 420 g/mol. The number of amides is 2. The number of hydrogen-bond acceptors (Lipinski definition) is 4. The zero-order valence-electron chi connectivity index (χ0n) is 16.5. The maximum Gasteiger partial charge on any atom is 0.433 e. The van der Waals surface area contributed by atoms with Gasteiger partial charge in [0.2, 0.25) is 5.91 Å². The first-order valence-electron chi connectivity index (χ1n) is 9.58. The Morgan fingerprint density at radius 1 is 1.13 bits per heavy atom. The largest absolute Gasteiger partial charge is 0.433 e. The van der Waals surface area contributed by atoms with E-state index < -0.39 is 29.7 Å². The number of aryl methyl sites for hydroxylation is 1. The zero-order valence-corrected chi connectivity index (χ0v) is 16.5. The molecule has 160 valence electrons. The number of piperazine rings is 1. The molecule has 2 N–H and O–H groups in total. The molecule has 2 amide bonds. The van der Waals surface area contributed by atoms with Gasteiger partial charge in [-0.15, -0.1) is 0 Å². The molecule has 1 unspecified atom stereocenters. The predicted octanol–water partition coefficient (Wildman–Crippen LogP) is 2.26. The van der Waals surface area contributed by atoms with Crippen LogP contribution in [0.15, 0.2) is 42.5 Å². The second-order valence-electron chi connectivity index (χ2n) is 7.28. The number of pyridine rings is 1. The van der Waals surface area contributed by atoms with Gasteiger partial charge in [-0.3, -0.25) is 14.5 Å². The molecule has 0 bridgehead atoms. The number of rotatable bonds is 5. The van der Waals surface area contributed by atoms with Crippen molar-refractivity contribution in [2.24, 2.45) is 5.73 Å². The van der Waals surface area contributed by atoms with Gasteiger partial charge in [0.15, 0.2) is 0 Å². The number of primary amides is 1. The summed E-state index contributed by atoms with van der Waals surface area (Å²) in [5.41, 5.74) is 5.64. The van der Waals surface area contributed by atoms with Crippen molar-refractivity contribution in [1.82, 2.24) is 14.8 Å². The molecule has 1 aliphatic rings. The third-order valence-electron chi connectivity index (χ3n) is 5.22. The van der Waals surface area contributed by atoms with Gasteiger partial charge in [0.1, 0.15) is 11.7 Å². The fraction of sp³-hybridized carbons (Fsp3) is 0.381. The van der Waals surface area contributed by atoms with Crippen LogP contribution in [-0.2, 0) is 17.4 Å². The van der Waals surface area contributed by atoms with Crippen LogP contribution in [0.5, 0.6) is 0 Å². The smallest absolute Gasteiger partial charge is 0.368 e. The topological polar surface area (TPSA) is 79.5 Å². The number of nitrogens with two attached hydrogens (primary N) is 1. The lowest BCUT2D eigenvalue weighted by Crippen LogP contribution is -2.60. The van der Waals surface area contributed by atoms with Crippen molar-refractivity contribution in [1.29, 1.82) is 0 Å². The van der Waals surface area contributed by atoms with E-state index >= 15 is 0 Å². The minimum atomic E-state index is -4.59. The van der Waals surface area contributed by atoms with Gasteiger partial charge in [0.05, 0.1) is 11.3 Å². The van der Waals surface area contributed by atoms with Crippen LogP contribution in [0.4, 0.5) is 13.2 Å². The molecule has 0 saturated carbocycles. The normalized spacial score (nSPS) is 17.7. The van der Waals surface area contributed by atoms with Gasteiger partial charge in [0.25, 0.3) is 5.91 Å². The van der Waals surface area contributed by atoms with Gasteiger partial charge in [-0.1, -0.05) is 30.3 Å². The predicted molar refractivity (Wildman–Crippen MR) is 105 cm³/mol. The number of halogens is 3. The van der Waals surface area contributed by atoms with E-state index in [2.05, 4.69) is 9.88 Å². The Balaban J connectivity index is 1.71. The molecule has 1 saturated heterocycles. The third kappa shape index (κ3) is 4.96. The van der Waals surface area contributed by atoms with Crippen LogP contribution in [-0.4, -0.2) is 58.8 Å². The van der Waals surface area contributed by atoms with Gasteiger partial charge in [-0.2, -0.15) is 13.2 Å². The van der Waals surface area contributed by atoms with Crippen LogP contribution < -0.4 is 5.73 Å². The van der Waals surface area contributed by atoms with Crippen molar-refractivity contribution in [3.05, 3.63) is 65.0 Å². The van der Waals surface area contributed by atoms with Crippen LogP contribution >= 0.6 is 0 Å². The summed E-state index contributed by atoms with van der Waals surface area (Å²) in [5.74, 6) is -1.19. The van der Waals surface area contributed by atoms with Crippen molar-refractivity contribution in [3.8, 4) is 0 Å². The van der Waals surface area contributed by atoms with E-state index in [0.29, 0.717) is 13.1 Å². The summed E-state index contributed by atoms with van der Waals surface area (Å²) < 4.78 is 38.5. The van der Waals surface area contributed by atoms with Gasteiger partial charge in [0, 0.05) is 26.2 Å². The molecule has 30 heavy (non-hydrogen) atoms. The zero-order chi connectivity index (χ0) is 21.9. The molecule has 1 aliphatic heterocycles. The Kier molecular flexibility index (Phi) is 6.40. The molecule has 3 rings (SSSR count). The van der Waals surface area contributed by atoms with Gasteiger partial charge >= 0.3 is 6.18 Å². The molecular formula is C21H23F3N4O2. The first-order chi connectivity index (χ1) is 14.2. The van der Waals surface area contributed by atoms with E-state index in [1.54, 1.807) is 0 Å². The van der Waals surface area contributed by atoms with E-state index in [4.69, 9.17) is 5.73 Å². The van der Waals surface area contributed by atoms with Crippen molar-refractivity contribution in [2.75, 3.05) is 26.2 Å². The maximum atomic E-state index is 13.0. The van der Waals surface area contributed by atoms with Crippen molar-refractivity contribution in [2.45, 2.75) is 25.6 Å². The Hall–Kier alpha value is -2.94. The fourth-order valence-electron chi connectivity index (χ4n) is 3.56. The first kappa shape index (κ1) is 21.8. The number of alkyl halides is 3. The number of carbonyl (C=O) groups excluding carboxylic acids is 2. The van der Waals surface area contributed by atoms with Gasteiger partial charge in [-0.25, -0.2) is 4.98 Å². The van der Waals surface area contributed by atoms with E-state index in [-0.39, 0.29) is 24.3 Å². The molecule has 6 nitrogen and oxygen atoms in total. The lowest BCUT2D eigenvalue weighted by atomic mass is 10.1. The molecule has 1 atom stereocenters. The summed E-state index contributed by atoms with van der Waals surface area (Å²) in [5, 5.41) is 0. The molecule has 0 aliphatic carbocycles. The number of nitrogens with zero attached hydrogens (tertiary/aromatic N) is 3. The molecule has 1 fully saturated rings. The highest BCUT2D eigenvalue weighted by Gasteiger charge is 2.36. The lowest BCUT2D eigenvalue weighted by molar-refractivity contribution is -0.141. The molecule has 1 aromatic heterocycles. The highest BCUT2D eigenvalue weighted by molar-refractivity contribution is 5.98. The number of hydrogen-bond donors (Lipinski definition) is 1. The minimum absolute atomic E-state index is 0.0342. The Morgan fingerprint density at radius 3 is 2.43 bits per heavy atom. The quantitative estimate of drug-likeness (QED) is 0.805. The van der Waals surface area contributed by atoms with E-state index in [9.17, 15) is 22.8 Å². The monoisotopic (exact) mass is 420 g/mol. The van der Waals surface area contributed by atoms with Crippen LogP contribution in [0.2, 0.25) is 0 Å². The highest BCUT2D eigenvalue weighted by atomic mass is 19.4. The van der Waals surface area contributed by atoms with Crippen LogP contribution in [0.25, 0.3) is 0 Å². The van der Waals surface area contributed by atoms with Crippen molar-refractivity contribution >= 4 is 11.8 Å². The minimum Gasteiger partial charge on any atom is -0.368 e. The molecule has 1 aromatic carbocycles. The van der Waals surface area contributed by atoms with Gasteiger partial charge < -0.3 is 10.6 Å². The summed E-state index contributed by atoms with van der Waals surface area (Å²) in [7, 11) is 0. The van der Waals surface area contributed by atoms with Gasteiger partial charge in [-0.05, 0) is 31.0 Å². The summed E-state index contributed by atoms with van der Waals surface area (Å²) in [4.78, 5) is 31.9. The first-order valence-corrected chi connectivity index (χ1v) is 9.58. The molecule has 0 spiro atoms. The van der Waals surface area contributed by atoms with Crippen LogP contribution in [0, 0.1) is 6.92 Å². The van der Waals surface area contributed by atoms with E-state index in [0.717, 1.165) is 24.1 Å². The fourth-order valence-corrected chi connectivity index (χ4v) is 3.56. The number of carbonyl (C=O) groups is 2. The average Bonchev–Trinajstić information content (AvgIpc) is 2.71. The second-order valence-corrected chi connectivity index (χ2v) is 7.28. The Morgan fingerprint density at radius 2 is 1.83 bits per heavy atom. The molecule has 2 aromatic rings. The summed E-state index contributed by atoms with van der Waals surface area (Å²) in [6.45, 7) is 3.12. The van der Waals surface area contributed by atoms with Crippen LogP contribution in [0.3, 0.4) is 0 Å². The summed E-state index contributed by atoms with van der Waals surface area (Å²) in [6, 6.07) is 10.9. The molecule has 2 heterocycles. The highest BCUT2D eigenvalue weighted by Crippen LogP contribution is 2.28. The standard InChI is InChI=1S/C21H23F3N4O2/c1-14-16(7-8-18(26-14)21(22,23)24)20(30)28-12-11-27(13-17(28)19(25)29)10-9-15-5-3-2-4-6-15/h2-8,17H,9-13H2,1H3,(H2,25,29). The Bertz CT molecular complexity index is 918. The summed E-state index contributed by atoms with van der Waals surface area (Å²) in [6.07, 6.45) is -3.80. The van der Waals surface area contributed by atoms with E-state index in [1.165, 1.54) is 11.8 Å². The number of benzene rings is 1. The second kappa shape index (κ2) is 8.83.